The molecule has 0 aliphatic heterocycles. The van der Waals surface area contributed by atoms with Gasteiger partial charge in [0.2, 0.25) is 0 Å². The van der Waals surface area contributed by atoms with Crippen molar-refractivity contribution >= 4 is 29.7 Å². The zero-order chi connectivity index (χ0) is 42.2. The van der Waals surface area contributed by atoms with Gasteiger partial charge in [0.25, 0.3) is 0 Å². The van der Waals surface area contributed by atoms with Crippen LogP contribution in [-0.2, 0) is 23.9 Å². The molecular weight excluding hydrogens is 739 g/mol. The predicted molar refractivity (Wildman–Crippen MR) is 238 cm³/mol. The molecule has 0 aliphatic rings. The number of esters is 2. The standard InChI is InChI=1S/C47H83NO8S/c1-4-5-6-7-8-9-10-17-20-23-26-29-34-44(43(50)33-31-35-45(51)52)57-39-42(48)47(54)56-38-41(49)37-55-46(53)36-30-27-24-21-18-15-13-11-12-14-16-19-22-25-28-32-40(2)3/h8-9,17,20,23,26,29,34,40-44,49-50H,4-7,10-16,18-19,21-22,24-25,27-28,30-33,35-39,48H2,1-3H3,(H,51,52)/b9-8-,20-17-,26-23+,34-29+/t41-,42+,43+,44-/m1/s1. The Kier molecular flexibility index (Phi) is 38.7. The number of carbonyl (C=O) groups excluding carboxylic acids is 2. The quantitative estimate of drug-likeness (QED) is 0.0203. The fourth-order valence-corrected chi connectivity index (χ4v) is 7.31. The highest BCUT2D eigenvalue weighted by molar-refractivity contribution is 8.00. The lowest BCUT2D eigenvalue weighted by molar-refractivity contribution is -0.153. The zero-order valence-electron chi connectivity index (χ0n) is 36.2. The number of rotatable bonds is 40. The van der Waals surface area contributed by atoms with E-state index >= 15 is 0 Å². The number of unbranched alkanes of at least 4 members (excludes halogenated alkanes) is 17. The molecule has 0 aromatic carbocycles. The van der Waals surface area contributed by atoms with Crippen molar-refractivity contribution in [3.8, 4) is 0 Å². The highest BCUT2D eigenvalue weighted by Gasteiger charge is 2.23. The Hall–Kier alpha value is -2.40. The lowest BCUT2D eigenvalue weighted by Gasteiger charge is -2.21. The van der Waals surface area contributed by atoms with Crippen molar-refractivity contribution in [3.63, 3.8) is 0 Å². The molecule has 0 radical (unpaired) electrons. The van der Waals surface area contributed by atoms with Gasteiger partial charge in [0.05, 0.1) is 6.10 Å². The van der Waals surface area contributed by atoms with Crippen LogP contribution in [0.3, 0.4) is 0 Å². The number of aliphatic hydroxyl groups is 2. The van der Waals surface area contributed by atoms with Gasteiger partial charge in [-0.3, -0.25) is 14.4 Å². The number of hydrogen-bond acceptors (Lipinski definition) is 9. The van der Waals surface area contributed by atoms with E-state index in [-0.39, 0.29) is 37.8 Å². The van der Waals surface area contributed by atoms with Crippen LogP contribution in [0.15, 0.2) is 48.6 Å². The molecule has 0 aliphatic carbocycles. The zero-order valence-corrected chi connectivity index (χ0v) is 37.0. The summed E-state index contributed by atoms with van der Waals surface area (Å²) in [4.78, 5) is 35.6. The first kappa shape index (κ1) is 54.6. The molecule has 0 amide bonds. The van der Waals surface area contributed by atoms with E-state index in [4.69, 9.17) is 20.3 Å². The molecule has 330 valence electrons. The number of aliphatic carboxylic acids is 1. The van der Waals surface area contributed by atoms with Crippen LogP contribution in [0.2, 0.25) is 0 Å². The van der Waals surface area contributed by atoms with Crippen LogP contribution >= 0.6 is 11.8 Å². The number of aliphatic hydroxyl groups excluding tert-OH is 2. The number of nitrogens with two attached hydrogens (primary N) is 1. The second-order valence-corrected chi connectivity index (χ2v) is 17.1. The Morgan fingerprint density at radius 3 is 1.82 bits per heavy atom. The summed E-state index contributed by atoms with van der Waals surface area (Å²) in [6, 6.07) is -1.01. The van der Waals surface area contributed by atoms with Gasteiger partial charge >= 0.3 is 17.9 Å². The van der Waals surface area contributed by atoms with Gasteiger partial charge in [-0.2, -0.15) is 0 Å². The number of carboxylic acid groups (broad SMARTS) is 1. The first-order valence-electron chi connectivity index (χ1n) is 22.5. The van der Waals surface area contributed by atoms with Crippen LogP contribution in [0.5, 0.6) is 0 Å². The topological polar surface area (TPSA) is 156 Å². The fraction of sp³-hybridized carbons (Fsp3) is 0.766. The number of ether oxygens (including phenoxy) is 2. The van der Waals surface area contributed by atoms with Crippen molar-refractivity contribution in [1.82, 2.24) is 0 Å². The van der Waals surface area contributed by atoms with Gasteiger partial charge in [-0.05, 0) is 44.4 Å². The van der Waals surface area contributed by atoms with Crippen molar-refractivity contribution in [2.24, 2.45) is 11.7 Å². The Morgan fingerprint density at radius 2 is 1.23 bits per heavy atom. The summed E-state index contributed by atoms with van der Waals surface area (Å²) in [5.41, 5.74) is 6.07. The van der Waals surface area contributed by atoms with Gasteiger partial charge in [0.15, 0.2) is 0 Å². The van der Waals surface area contributed by atoms with Crippen molar-refractivity contribution in [2.45, 2.75) is 205 Å². The number of allylic oxidation sites excluding steroid dienone is 7. The SMILES string of the molecule is CCCCC/C=C\C\C=C/C=C/C=C/[C@@H](SC[C@H](N)C(=O)OC[C@H](O)COC(=O)CCCCCCCCCCCCCCCCCC(C)C)[C@@H](O)CCCC(=O)O. The normalized spacial score (nSPS) is 14.3. The van der Waals surface area contributed by atoms with E-state index in [2.05, 4.69) is 39.0 Å². The average molecular weight is 822 g/mol. The maximum Gasteiger partial charge on any atom is 0.323 e. The summed E-state index contributed by atoms with van der Waals surface area (Å²) < 4.78 is 10.3. The van der Waals surface area contributed by atoms with Crippen molar-refractivity contribution in [3.05, 3.63) is 48.6 Å². The first-order valence-corrected chi connectivity index (χ1v) is 23.5. The van der Waals surface area contributed by atoms with Gasteiger partial charge in [-0.1, -0.05) is 179 Å². The third-order valence-corrected chi connectivity index (χ3v) is 11.1. The average Bonchev–Trinajstić information content (AvgIpc) is 3.18. The molecule has 0 aromatic heterocycles. The van der Waals surface area contributed by atoms with Crippen LogP contribution in [0.25, 0.3) is 0 Å². The van der Waals surface area contributed by atoms with E-state index in [1.165, 1.54) is 114 Å². The molecule has 10 heteroatoms. The van der Waals surface area contributed by atoms with Gasteiger partial charge in [0, 0.05) is 23.8 Å². The summed E-state index contributed by atoms with van der Waals surface area (Å²) in [6.45, 7) is 6.19. The number of carbonyl (C=O) groups is 3. The summed E-state index contributed by atoms with van der Waals surface area (Å²) in [5, 5.41) is 29.5. The van der Waals surface area contributed by atoms with Crippen molar-refractivity contribution in [1.29, 1.82) is 0 Å². The Bertz CT molecular complexity index is 1090. The van der Waals surface area contributed by atoms with Gasteiger partial charge in [-0.25, -0.2) is 0 Å². The van der Waals surface area contributed by atoms with Crippen LogP contribution in [0.1, 0.15) is 181 Å². The third-order valence-electron chi connectivity index (χ3n) is 9.74. The minimum Gasteiger partial charge on any atom is -0.481 e. The smallest absolute Gasteiger partial charge is 0.323 e. The fourth-order valence-electron chi connectivity index (χ4n) is 6.18. The summed E-state index contributed by atoms with van der Waals surface area (Å²) in [5.74, 6) is -1.03. The molecule has 0 heterocycles. The predicted octanol–water partition coefficient (Wildman–Crippen LogP) is 11.0. The van der Waals surface area contributed by atoms with Crippen molar-refractivity contribution < 1.29 is 39.2 Å². The van der Waals surface area contributed by atoms with Gasteiger partial charge < -0.3 is 30.5 Å². The molecule has 0 fully saturated rings. The second kappa shape index (κ2) is 40.4. The molecule has 0 spiro atoms. The van der Waals surface area contributed by atoms with Crippen LogP contribution in [0, 0.1) is 5.92 Å². The summed E-state index contributed by atoms with van der Waals surface area (Å²) in [6.07, 6.45) is 40.5. The Balaban J connectivity index is 4.21. The molecule has 57 heavy (non-hydrogen) atoms. The number of carboxylic acids is 1. The Labute approximate surface area is 351 Å². The minimum atomic E-state index is -1.16. The second-order valence-electron chi connectivity index (χ2n) is 15.9. The number of thioether (sulfide) groups is 1. The monoisotopic (exact) mass is 822 g/mol. The Morgan fingerprint density at radius 1 is 0.649 bits per heavy atom. The van der Waals surface area contributed by atoms with E-state index in [9.17, 15) is 24.6 Å². The van der Waals surface area contributed by atoms with Crippen LogP contribution < -0.4 is 5.73 Å². The summed E-state index contributed by atoms with van der Waals surface area (Å²) in [7, 11) is 0. The van der Waals surface area contributed by atoms with E-state index < -0.39 is 35.4 Å². The molecule has 0 saturated heterocycles. The van der Waals surface area contributed by atoms with E-state index in [0.717, 1.165) is 38.0 Å². The highest BCUT2D eigenvalue weighted by atomic mass is 32.2. The third kappa shape index (κ3) is 38.9. The molecule has 0 rings (SSSR count). The van der Waals surface area contributed by atoms with E-state index in [1.54, 1.807) is 0 Å². The molecule has 5 N–H and O–H groups in total. The first-order chi connectivity index (χ1) is 27.6. The molecule has 0 unspecified atom stereocenters. The summed E-state index contributed by atoms with van der Waals surface area (Å²) >= 11 is 1.27. The minimum absolute atomic E-state index is 0.0430. The molecule has 0 bridgehead atoms. The highest BCUT2D eigenvalue weighted by Crippen LogP contribution is 2.22. The molecule has 9 nitrogen and oxygen atoms in total. The largest absolute Gasteiger partial charge is 0.481 e. The lowest BCUT2D eigenvalue weighted by atomic mass is 10.0. The van der Waals surface area contributed by atoms with Crippen LogP contribution in [0.4, 0.5) is 0 Å². The lowest BCUT2D eigenvalue weighted by Crippen LogP contribution is -2.38. The van der Waals surface area contributed by atoms with Gasteiger partial charge in [-0.15, -0.1) is 11.8 Å². The van der Waals surface area contributed by atoms with Crippen LogP contribution in [-0.4, -0.2) is 75.7 Å². The molecule has 0 aromatic rings. The molecular formula is C47H83NO8S. The molecule has 0 saturated carbocycles. The maximum absolute atomic E-state index is 12.5. The van der Waals surface area contributed by atoms with E-state index in [1.807, 2.05) is 30.4 Å². The number of hydrogen-bond donors (Lipinski definition) is 4. The molecule has 4 atom stereocenters. The maximum atomic E-state index is 12.5. The van der Waals surface area contributed by atoms with Crippen molar-refractivity contribution in [2.75, 3.05) is 19.0 Å². The van der Waals surface area contributed by atoms with E-state index in [0.29, 0.717) is 12.8 Å². The van der Waals surface area contributed by atoms with Gasteiger partial charge in [0.1, 0.15) is 25.4 Å².